The van der Waals surface area contributed by atoms with Gasteiger partial charge in [0.05, 0.1) is 4.99 Å². The van der Waals surface area contributed by atoms with Crippen molar-refractivity contribution in [2.75, 3.05) is 26.2 Å². The van der Waals surface area contributed by atoms with E-state index in [9.17, 15) is 0 Å². The maximum absolute atomic E-state index is 5.83. The molecule has 0 amide bonds. The third kappa shape index (κ3) is 3.67. The largest absolute Gasteiger partial charge is 0.393 e. The molecule has 2 atom stereocenters. The van der Waals surface area contributed by atoms with Gasteiger partial charge in [0.1, 0.15) is 0 Å². The van der Waals surface area contributed by atoms with E-state index in [0.29, 0.717) is 11.0 Å². The Morgan fingerprint density at radius 3 is 2.74 bits per heavy atom. The molecule has 0 bridgehead atoms. The number of piperidine rings is 1. The van der Waals surface area contributed by atoms with Crippen molar-refractivity contribution in [1.29, 1.82) is 0 Å². The van der Waals surface area contributed by atoms with Crippen molar-refractivity contribution in [3.05, 3.63) is 0 Å². The first-order valence-corrected chi connectivity index (χ1v) is 8.09. The van der Waals surface area contributed by atoms with Gasteiger partial charge in [-0.3, -0.25) is 9.80 Å². The zero-order valence-electron chi connectivity index (χ0n) is 12.7. The van der Waals surface area contributed by atoms with Crippen LogP contribution in [0, 0.1) is 5.41 Å². The van der Waals surface area contributed by atoms with E-state index in [4.69, 9.17) is 18.0 Å². The fourth-order valence-corrected chi connectivity index (χ4v) is 3.37. The fourth-order valence-electron chi connectivity index (χ4n) is 3.27. The van der Waals surface area contributed by atoms with E-state index in [0.717, 1.165) is 19.0 Å². The Hall–Kier alpha value is -0.190. The first-order chi connectivity index (χ1) is 8.90. The van der Waals surface area contributed by atoms with Crippen LogP contribution < -0.4 is 5.73 Å². The number of piperazine rings is 1. The van der Waals surface area contributed by atoms with E-state index in [-0.39, 0.29) is 5.41 Å². The van der Waals surface area contributed by atoms with Crippen molar-refractivity contribution < 1.29 is 0 Å². The molecular weight excluding hydrogens is 254 g/mol. The number of nitrogens with two attached hydrogens (primary N) is 1. The number of nitrogens with zero attached hydrogens (tertiary/aromatic N) is 2. The van der Waals surface area contributed by atoms with Crippen LogP contribution in [0.1, 0.15) is 46.5 Å². The van der Waals surface area contributed by atoms with Gasteiger partial charge in [-0.25, -0.2) is 0 Å². The quantitative estimate of drug-likeness (QED) is 0.802. The minimum absolute atomic E-state index is 0.0151. The summed E-state index contributed by atoms with van der Waals surface area (Å²) in [7, 11) is 0. The van der Waals surface area contributed by atoms with Crippen molar-refractivity contribution >= 4 is 17.2 Å². The molecule has 2 fully saturated rings. The lowest BCUT2D eigenvalue weighted by atomic mass is 9.88. The van der Waals surface area contributed by atoms with Crippen LogP contribution in [-0.4, -0.2) is 53.1 Å². The molecule has 2 N–H and O–H groups in total. The zero-order chi connectivity index (χ0) is 14.0. The summed E-state index contributed by atoms with van der Waals surface area (Å²) in [6.07, 6.45) is 5.24. The first-order valence-electron chi connectivity index (χ1n) is 7.68. The van der Waals surface area contributed by atoms with Crippen LogP contribution in [0.25, 0.3) is 0 Å². The van der Waals surface area contributed by atoms with E-state index >= 15 is 0 Å². The number of fused-ring (bicyclic) bond motifs is 1. The summed E-state index contributed by atoms with van der Waals surface area (Å²) < 4.78 is 0. The van der Waals surface area contributed by atoms with Gasteiger partial charge in [0.15, 0.2) is 0 Å². The van der Waals surface area contributed by atoms with Gasteiger partial charge < -0.3 is 5.73 Å². The second-order valence-corrected chi connectivity index (χ2v) is 7.43. The topological polar surface area (TPSA) is 32.5 Å². The summed E-state index contributed by atoms with van der Waals surface area (Å²) in [5.41, 5.74) is 5.82. The highest BCUT2D eigenvalue weighted by Crippen LogP contribution is 2.26. The summed E-state index contributed by atoms with van der Waals surface area (Å²) in [6.45, 7) is 11.6. The molecule has 2 unspecified atom stereocenters. The molecule has 0 aromatic carbocycles. The van der Waals surface area contributed by atoms with Crippen LogP contribution >= 0.6 is 12.2 Å². The predicted octanol–water partition coefficient (Wildman–Crippen LogP) is 2.25. The van der Waals surface area contributed by atoms with Crippen LogP contribution in [0.5, 0.6) is 0 Å². The Labute approximate surface area is 123 Å². The minimum atomic E-state index is -0.0151. The lowest BCUT2D eigenvalue weighted by Crippen LogP contribution is -2.59. The summed E-state index contributed by atoms with van der Waals surface area (Å²) in [6, 6.07) is 1.45. The highest BCUT2D eigenvalue weighted by Gasteiger charge is 2.33. The van der Waals surface area contributed by atoms with Crippen molar-refractivity contribution in [3.8, 4) is 0 Å². The first kappa shape index (κ1) is 15.2. The normalized spacial score (nSPS) is 30.1. The third-order valence-corrected chi connectivity index (χ3v) is 5.56. The number of hydrogen-bond donors (Lipinski definition) is 1. The van der Waals surface area contributed by atoms with Gasteiger partial charge in [-0.15, -0.1) is 0 Å². The van der Waals surface area contributed by atoms with Crippen LogP contribution in [0.3, 0.4) is 0 Å². The van der Waals surface area contributed by atoms with Crippen molar-refractivity contribution in [2.24, 2.45) is 11.1 Å². The molecule has 2 aliphatic rings. The molecule has 4 heteroatoms. The van der Waals surface area contributed by atoms with Crippen molar-refractivity contribution in [2.45, 2.75) is 58.5 Å². The molecule has 2 rings (SSSR count). The smallest absolute Gasteiger partial charge is 0.0784 e. The maximum Gasteiger partial charge on any atom is 0.0784 e. The lowest BCUT2D eigenvalue weighted by molar-refractivity contribution is 0.0122. The second kappa shape index (κ2) is 6.06. The lowest BCUT2D eigenvalue weighted by Gasteiger charge is -2.48. The number of rotatable bonds is 4. The highest BCUT2D eigenvalue weighted by atomic mass is 32.1. The SMILES string of the molecule is CC1CN2CCCCC2CN1CCC(C)(C)C(N)=S. The van der Waals surface area contributed by atoms with Gasteiger partial charge in [0.25, 0.3) is 0 Å². The van der Waals surface area contributed by atoms with Crippen LogP contribution in [-0.2, 0) is 0 Å². The van der Waals surface area contributed by atoms with Gasteiger partial charge >= 0.3 is 0 Å². The molecule has 0 spiro atoms. The number of hydrogen-bond acceptors (Lipinski definition) is 3. The molecule has 0 radical (unpaired) electrons. The summed E-state index contributed by atoms with van der Waals surface area (Å²) >= 11 is 5.17. The average Bonchev–Trinajstić information content (AvgIpc) is 2.36. The van der Waals surface area contributed by atoms with Crippen molar-refractivity contribution in [3.63, 3.8) is 0 Å². The monoisotopic (exact) mass is 283 g/mol. The zero-order valence-corrected chi connectivity index (χ0v) is 13.5. The predicted molar refractivity (Wildman–Crippen MR) is 85.4 cm³/mol. The molecule has 0 aromatic heterocycles. The molecule has 19 heavy (non-hydrogen) atoms. The molecule has 0 aromatic rings. The van der Waals surface area contributed by atoms with E-state index in [1.807, 2.05) is 0 Å². The van der Waals surface area contributed by atoms with Crippen molar-refractivity contribution in [1.82, 2.24) is 9.80 Å². The summed E-state index contributed by atoms with van der Waals surface area (Å²) in [4.78, 5) is 5.99. The van der Waals surface area contributed by atoms with E-state index in [1.165, 1.54) is 38.9 Å². The standard InChI is InChI=1S/C15H29N3S/c1-12-10-18-8-5-4-6-13(18)11-17(12)9-7-15(2,3)14(16)19/h12-13H,4-11H2,1-3H3,(H2,16,19). The van der Waals surface area contributed by atoms with Gasteiger partial charge in [-0.05, 0) is 39.3 Å². The molecular formula is C15H29N3S. The Morgan fingerprint density at radius 2 is 2.05 bits per heavy atom. The number of thiocarbonyl (C=S) groups is 1. The second-order valence-electron chi connectivity index (χ2n) is 6.99. The van der Waals surface area contributed by atoms with E-state index < -0.39 is 0 Å². The molecule has 2 aliphatic heterocycles. The minimum Gasteiger partial charge on any atom is -0.393 e. The van der Waals surface area contributed by atoms with E-state index in [1.54, 1.807) is 0 Å². The summed E-state index contributed by atoms with van der Waals surface area (Å²) in [5, 5.41) is 0. The van der Waals surface area contributed by atoms with E-state index in [2.05, 4.69) is 30.6 Å². The molecule has 0 aliphatic carbocycles. The average molecular weight is 283 g/mol. The Morgan fingerprint density at radius 1 is 1.32 bits per heavy atom. The van der Waals surface area contributed by atoms with Gasteiger partial charge in [0, 0.05) is 30.6 Å². The Bertz CT molecular complexity index is 329. The third-order valence-electron chi connectivity index (χ3n) is 5.01. The molecule has 2 saturated heterocycles. The van der Waals surface area contributed by atoms with Gasteiger partial charge in [-0.1, -0.05) is 32.5 Å². The molecule has 0 saturated carbocycles. The van der Waals surface area contributed by atoms with Crippen LogP contribution in [0.15, 0.2) is 0 Å². The highest BCUT2D eigenvalue weighted by molar-refractivity contribution is 7.80. The Kier molecular flexibility index (Phi) is 4.85. The molecule has 3 nitrogen and oxygen atoms in total. The summed E-state index contributed by atoms with van der Waals surface area (Å²) in [5.74, 6) is 0. The molecule has 110 valence electrons. The maximum atomic E-state index is 5.83. The van der Waals surface area contributed by atoms with Gasteiger partial charge in [-0.2, -0.15) is 0 Å². The Balaban J connectivity index is 1.88. The van der Waals surface area contributed by atoms with Crippen LogP contribution in [0.2, 0.25) is 0 Å². The van der Waals surface area contributed by atoms with Gasteiger partial charge in [0.2, 0.25) is 0 Å². The van der Waals surface area contributed by atoms with Crippen LogP contribution in [0.4, 0.5) is 0 Å². The fraction of sp³-hybridized carbons (Fsp3) is 0.933. The molecule has 2 heterocycles.